The number of aliphatic imine (C=N–C) groups is 1. The number of carbonyl (C=O) groups excluding carboxylic acids is 2. The van der Waals surface area contributed by atoms with Crippen molar-refractivity contribution in [2.24, 2.45) is 4.99 Å². The smallest absolute Gasteiger partial charge is 0.238 e. The van der Waals surface area contributed by atoms with Crippen molar-refractivity contribution in [1.82, 2.24) is 4.90 Å². The Balaban J connectivity index is 1.54. The highest BCUT2D eigenvalue weighted by Crippen LogP contribution is 2.30. The summed E-state index contributed by atoms with van der Waals surface area (Å²) >= 11 is 7.22. The molecule has 1 aliphatic heterocycles. The Kier molecular flexibility index (Phi) is 7.42. The van der Waals surface area contributed by atoms with Gasteiger partial charge in [-0.15, -0.1) is 0 Å². The van der Waals surface area contributed by atoms with Gasteiger partial charge in [0.2, 0.25) is 11.8 Å². The lowest BCUT2D eigenvalue weighted by molar-refractivity contribution is -0.129. The van der Waals surface area contributed by atoms with Crippen molar-refractivity contribution in [3.05, 3.63) is 95.3 Å². The normalized spacial score (nSPS) is 17.3. The number of hydrogen-bond acceptors (Lipinski definition) is 4. The fourth-order valence-electron chi connectivity index (χ4n) is 3.33. The summed E-state index contributed by atoms with van der Waals surface area (Å²) in [4.78, 5) is 32.2. The van der Waals surface area contributed by atoms with Crippen molar-refractivity contribution in [3.8, 4) is 0 Å². The SMILES string of the molecule is O=C(Nc1ccc(F)cc1)[C@@H]1CC(=O)N(CCc2ccccc2)C(=Nc2ccc(Cl)cc2)S1. The van der Waals surface area contributed by atoms with Crippen LogP contribution in [0.1, 0.15) is 12.0 Å². The second kappa shape index (κ2) is 10.6. The van der Waals surface area contributed by atoms with Crippen LogP contribution in [0.2, 0.25) is 5.02 Å². The van der Waals surface area contributed by atoms with Crippen molar-refractivity contribution >= 4 is 51.7 Å². The Morgan fingerprint density at radius 3 is 2.45 bits per heavy atom. The third-order valence-electron chi connectivity index (χ3n) is 5.06. The molecule has 168 valence electrons. The van der Waals surface area contributed by atoms with Gasteiger partial charge in [-0.3, -0.25) is 14.5 Å². The van der Waals surface area contributed by atoms with Crippen LogP contribution >= 0.6 is 23.4 Å². The number of carbonyl (C=O) groups is 2. The van der Waals surface area contributed by atoms with Gasteiger partial charge in [0.15, 0.2) is 5.17 Å². The molecule has 0 radical (unpaired) electrons. The maximum Gasteiger partial charge on any atom is 0.238 e. The van der Waals surface area contributed by atoms with Crippen LogP contribution in [-0.4, -0.2) is 33.7 Å². The van der Waals surface area contributed by atoms with Crippen LogP contribution in [0, 0.1) is 5.82 Å². The van der Waals surface area contributed by atoms with Crippen LogP contribution in [0.4, 0.5) is 15.8 Å². The molecule has 1 fully saturated rings. The summed E-state index contributed by atoms with van der Waals surface area (Å²) in [7, 11) is 0. The van der Waals surface area contributed by atoms with E-state index in [0.717, 1.165) is 5.56 Å². The van der Waals surface area contributed by atoms with E-state index >= 15 is 0 Å². The van der Waals surface area contributed by atoms with Crippen molar-refractivity contribution in [3.63, 3.8) is 0 Å². The van der Waals surface area contributed by atoms with Gasteiger partial charge >= 0.3 is 0 Å². The molecule has 1 atom stereocenters. The number of benzene rings is 3. The molecule has 0 bridgehead atoms. The lowest BCUT2D eigenvalue weighted by atomic mass is 10.1. The predicted octanol–water partition coefficient (Wildman–Crippen LogP) is 5.68. The zero-order valence-corrected chi connectivity index (χ0v) is 19.2. The summed E-state index contributed by atoms with van der Waals surface area (Å²) in [6.45, 7) is 0.453. The van der Waals surface area contributed by atoms with Crippen LogP contribution in [0.3, 0.4) is 0 Å². The van der Waals surface area contributed by atoms with Crippen molar-refractivity contribution in [2.45, 2.75) is 18.1 Å². The topological polar surface area (TPSA) is 61.8 Å². The maximum absolute atomic E-state index is 13.2. The van der Waals surface area contributed by atoms with Crippen LogP contribution in [0.15, 0.2) is 83.9 Å². The molecule has 3 aromatic carbocycles. The second-order valence-electron chi connectivity index (χ2n) is 7.46. The highest BCUT2D eigenvalue weighted by molar-refractivity contribution is 8.15. The van der Waals surface area contributed by atoms with Crippen LogP contribution in [0.5, 0.6) is 0 Å². The van der Waals surface area contributed by atoms with E-state index in [-0.39, 0.29) is 24.1 Å². The molecule has 8 heteroatoms. The molecule has 1 saturated heterocycles. The quantitative estimate of drug-likeness (QED) is 0.492. The predicted molar refractivity (Wildman–Crippen MR) is 131 cm³/mol. The van der Waals surface area contributed by atoms with Crippen molar-refractivity contribution in [1.29, 1.82) is 0 Å². The lowest BCUT2D eigenvalue weighted by Crippen LogP contribution is -2.46. The third-order valence-corrected chi connectivity index (χ3v) is 6.50. The number of hydrogen-bond donors (Lipinski definition) is 1. The van der Waals surface area contributed by atoms with E-state index in [9.17, 15) is 14.0 Å². The van der Waals surface area contributed by atoms with E-state index in [4.69, 9.17) is 11.6 Å². The molecule has 0 aromatic heterocycles. The first-order chi connectivity index (χ1) is 16.0. The minimum absolute atomic E-state index is 0.0477. The minimum atomic E-state index is -0.651. The third kappa shape index (κ3) is 6.21. The molecule has 0 unspecified atom stereocenters. The van der Waals surface area contributed by atoms with Gasteiger partial charge in [0.05, 0.1) is 5.69 Å². The number of amides is 2. The number of nitrogens with zero attached hydrogens (tertiary/aromatic N) is 2. The van der Waals surface area contributed by atoms with Crippen molar-refractivity contribution < 1.29 is 14.0 Å². The molecule has 0 aliphatic carbocycles. The first-order valence-corrected chi connectivity index (χ1v) is 11.7. The number of thioether (sulfide) groups is 1. The fourth-order valence-corrected chi connectivity index (χ4v) is 4.58. The van der Waals surface area contributed by atoms with Gasteiger partial charge in [0, 0.05) is 23.7 Å². The highest BCUT2D eigenvalue weighted by Gasteiger charge is 2.35. The highest BCUT2D eigenvalue weighted by atomic mass is 35.5. The van der Waals surface area contributed by atoms with E-state index < -0.39 is 5.25 Å². The average molecular weight is 482 g/mol. The van der Waals surface area contributed by atoms with E-state index in [2.05, 4.69) is 10.3 Å². The van der Waals surface area contributed by atoms with Gasteiger partial charge in [-0.05, 0) is 60.5 Å². The minimum Gasteiger partial charge on any atom is -0.325 e. The Morgan fingerprint density at radius 2 is 1.76 bits per heavy atom. The van der Waals surface area contributed by atoms with Gasteiger partial charge in [0.1, 0.15) is 11.1 Å². The fraction of sp³-hybridized carbons (Fsp3) is 0.160. The summed E-state index contributed by atoms with van der Waals surface area (Å²) in [5, 5.41) is 3.15. The molecule has 0 saturated carbocycles. The van der Waals surface area contributed by atoms with Gasteiger partial charge < -0.3 is 5.32 Å². The van der Waals surface area contributed by atoms with Crippen LogP contribution < -0.4 is 5.32 Å². The molecule has 1 N–H and O–H groups in total. The first kappa shape index (κ1) is 23.0. The Morgan fingerprint density at radius 1 is 1.06 bits per heavy atom. The molecule has 3 aromatic rings. The molecule has 4 rings (SSSR count). The molecule has 2 amide bonds. The number of rotatable bonds is 6. The standard InChI is InChI=1S/C25H21ClFN3O2S/c26-18-6-10-21(11-7-18)29-25-30(15-14-17-4-2-1-3-5-17)23(31)16-22(33-25)24(32)28-20-12-8-19(27)9-13-20/h1-13,22H,14-16H2,(H,28,32)/t22-/m0/s1. The number of amidine groups is 1. The van der Waals surface area contributed by atoms with Crippen molar-refractivity contribution in [2.75, 3.05) is 11.9 Å². The van der Waals surface area contributed by atoms with E-state index in [1.54, 1.807) is 29.2 Å². The largest absolute Gasteiger partial charge is 0.325 e. The van der Waals surface area contributed by atoms with Crippen LogP contribution in [-0.2, 0) is 16.0 Å². The van der Waals surface area contributed by atoms with E-state index in [1.165, 1.54) is 36.0 Å². The Bertz CT molecular complexity index is 1150. The summed E-state index contributed by atoms with van der Waals surface area (Å²) in [6, 6.07) is 22.4. The Labute approximate surface area is 200 Å². The summed E-state index contributed by atoms with van der Waals surface area (Å²) in [5.74, 6) is -0.884. The van der Waals surface area contributed by atoms with Crippen LogP contribution in [0.25, 0.3) is 0 Å². The molecule has 0 spiro atoms. The molecular weight excluding hydrogens is 461 g/mol. The molecular formula is C25H21ClFN3O2S. The zero-order valence-electron chi connectivity index (χ0n) is 17.6. The van der Waals surface area contributed by atoms with E-state index in [0.29, 0.717) is 34.5 Å². The molecule has 5 nitrogen and oxygen atoms in total. The molecule has 1 aliphatic rings. The number of halogens is 2. The van der Waals surface area contributed by atoms with Gasteiger partial charge in [-0.1, -0.05) is 53.7 Å². The van der Waals surface area contributed by atoms with Gasteiger partial charge in [-0.25, -0.2) is 9.38 Å². The van der Waals surface area contributed by atoms with Gasteiger partial charge in [0.25, 0.3) is 0 Å². The number of nitrogens with one attached hydrogen (secondary N) is 1. The second-order valence-corrected chi connectivity index (χ2v) is 9.06. The average Bonchev–Trinajstić information content (AvgIpc) is 2.82. The summed E-state index contributed by atoms with van der Waals surface area (Å²) in [5.41, 5.74) is 2.22. The molecule has 1 heterocycles. The van der Waals surface area contributed by atoms with Gasteiger partial charge in [-0.2, -0.15) is 0 Å². The summed E-state index contributed by atoms with van der Waals surface area (Å²) in [6.07, 6.45) is 0.714. The zero-order chi connectivity index (χ0) is 23.2. The monoisotopic (exact) mass is 481 g/mol. The number of anilines is 1. The first-order valence-electron chi connectivity index (χ1n) is 10.4. The summed E-state index contributed by atoms with van der Waals surface area (Å²) < 4.78 is 13.2. The lowest BCUT2D eigenvalue weighted by Gasteiger charge is -2.32. The maximum atomic E-state index is 13.2. The van der Waals surface area contributed by atoms with E-state index in [1.807, 2.05) is 30.3 Å². The molecule has 33 heavy (non-hydrogen) atoms. The Hall–Kier alpha value is -3.16.